The van der Waals surface area contributed by atoms with E-state index in [0.29, 0.717) is 10.9 Å². The largest absolute Gasteiger partial charge is 0.325 e. The maximum absolute atomic E-state index is 12.5. The highest BCUT2D eigenvalue weighted by Crippen LogP contribution is 2.38. The van der Waals surface area contributed by atoms with E-state index < -0.39 is 0 Å². The van der Waals surface area contributed by atoms with Gasteiger partial charge >= 0.3 is 0 Å². The second kappa shape index (κ2) is 8.05. The van der Waals surface area contributed by atoms with Gasteiger partial charge in [-0.2, -0.15) is 0 Å². The van der Waals surface area contributed by atoms with Crippen molar-refractivity contribution in [2.45, 2.75) is 61.5 Å². The van der Waals surface area contributed by atoms with Gasteiger partial charge in [-0.05, 0) is 49.9 Å². The number of thioether (sulfide) groups is 1. The van der Waals surface area contributed by atoms with E-state index in [4.69, 9.17) is 0 Å². The molecule has 0 radical (unpaired) electrons. The van der Waals surface area contributed by atoms with E-state index in [9.17, 15) is 14.4 Å². The van der Waals surface area contributed by atoms with Crippen LogP contribution >= 0.6 is 11.8 Å². The number of amides is 3. The highest BCUT2D eigenvalue weighted by molar-refractivity contribution is 8.00. The molecule has 1 saturated heterocycles. The van der Waals surface area contributed by atoms with Crippen molar-refractivity contribution in [3.63, 3.8) is 0 Å². The third-order valence-electron chi connectivity index (χ3n) is 5.98. The van der Waals surface area contributed by atoms with Crippen LogP contribution in [0.5, 0.6) is 0 Å². The van der Waals surface area contributed by atoms with E-state index in [0.717, 1.165) is 25.7 Å². The summed E-state index contributed by atoms with van der Waals surface area (Å²) < 4.78 is 0. The van der Waals surface area contributed by atoms with Crippen LogP contribution in [-0.2, 0) is 14.4 Å². The zero-order chi connectivity index (χ0) is 18.8. The fourth-order valence-electron chi connectivity index (χ4n) is 4.55. The van der Waals surface area contributed by atoms with Crippen molar-refractivity contribution < 1.29 is 14.4 Å². The average Bonchev–Trinajstić information content (AvgIpc) is 3.27. The van der Waals surface area contributed by atoms with Gasteiger partial charge in [0.15, 0.2) is 0 Å². The zero-order valence-electron chi connectivity index (χ0n) is 15.5. The molecule has 0 bridgehead atoms. The predicted molar refractivity (Wildman–Crippen MR) is 105 cm³/mol. The molecule has 144 valence electrons. The molecule has 27 heavy (non-hydrogen) atoms. The number of imide groups is 1. The molecule has 1 aromatic carbocycles. The molecule has 2 unspecified atom stereocenters. The van der Waals surface area contributed by atoms with Gasteiger partial charge < -0.3 is 5.32 Å². The van der Waals surface area contributed by atoms with Crippen molar-refractivity contribution in [3.05, 3.63) is 24.3 Å². The summed E-state index contributed by atoms with van der Waals surface area (Å²) in [7, 11) is 0. The lowest BCUT2D eigenvalue weighted by Crippen LogP contribution is -2.38. The Morgan fingerprint density at radius 1 is 0.926 bits per heavy atom. The lowest BCUT2D eigenvalue weighted by atomic mass is 9.81. The monoisotopic (exact) mass is 386 g/mol. The summed E-state index contributed by atoms with van der Waals surface area (Å²) in [4.78, 5) is 39.7. The van der Waals surface area contributed by atoms with Crippen molar-refractivity contribution >= 4 is 35.2 Å². The van der Waals surface area contributed by atoms with Crippen LogP contribution in [-0.4, -0.2) is 34.4 Å². The van der Waals surface area contributed by atoms with Gasteiger partial charge in [-0.3, -0.25) is 19.3 Å². The molecule has 0 spiro atoms. The minimum Gasteiger partial charge on any atom is -0.325 e. The van der Waals surface area contributed by atoms with Crippen molar-refractivity contribution in [1.29, 1.82) is 0 Å². The second-order valence-electron chi connectivity index (χ2n) is 7.86. The van der Waals surface area contributed by atoms with E-state index in [1.165, 1.54) is 35.5 Å². The molecule has 3 fully saturated rings. The third-order valence-corrected chi connectivity index (χ3v) is 7.33. The van der Waals surface area contributed by atoms with Crippen LogP contribution in [0.25, 0.3) is 0 Å². The Labute approximate surface area is 164 Å². The summed E-state index contributed by atoms with van der Waals surface area (Å²) in [6.45, 7) is -0.177. The van der Waals surface area contributed by atoms with E-state index in [1.807, 2.05) is 36.0 Å². The summed E-state index contributed by atoms with van der Waals surface area (Å²) in [5.41, 5.74) is 0.701. The van der Waals surface area contributed by atoms with Crippen LogP contribution < -0.4 is 5.32 Å². The SMILES string of the molecule is O=C(CN1C(=O)C2CCCCC2C1=O)Nc1ccc(SC2CCCC2)cc1. The smallest absolute Gasteiger partial charge is 0.244 e. The van der Waals surface area contributed by atoms with Crippen LogP contribution in [0.1, 0.15) is 51.4 Å². The van der Waals surface area contributed by atoms with Crippen molar-refractivity contribution in [2.75, 3.05) is 11.9 Å². The molecule has 2 atom stereocenters. The highest BCUT2D eigenvalue weighted by atomic mass is 32.2. The first kappa shape index (κ1) is 18.5. The number of carbonyl (C=O) groups excluding carboxylic acids is 3. The Balaban J connectivity index is 1.32. The quantitative estimate of drug-likeness (QED) is 0.781. The number of carbonyl (C=O) groups is 3. The Bertz CT molecular complexity index is 703. The molecule has 2 saturated carbocycles. The molecule has 2 aliphatic carbocycles. The number of likely N-dealkylation sites (tertiary alicyclic amines) is 1. The summed E-state index contributed by atoms with van der Waals surface area (Å²) in [6.07, 6.45) is 8.73. The normalized spacial score (nSPS) is 25.7. The Morgan fingerprint density at radius 2 is 1.48 bits per heavy atom. The van der Waals surface area contributed by atoms with Gasteiger partial charge in [0.25, 0.3) is 0 Å². The Morgan fingerprint density at radius 3 is 2.07 bits per heavy atom. The fourth-order valence-corrected chi connectivity index (χ4v) is 5.79. The molecular formula is C21H26N2O3S. The molecule has 0 aromatic heterocycles. The number of hydrogen-bond donors (Lipinski definition) is 1. The topological polar surface area (TPSA) is 66.5 Å². The number of benzene rings is 1. The van der Waals surface area contributed by atoms with Gasteiger partial charge in [0.05, 0.1) is 11.8 Å². The molecule has 1 aromatic rings. The molecular weight excluding hydrogens is 360 g/mol. The number of fused-ring (bicyclic) bond motifs is 1. The van der Waals surface area contributed by atoms with Crippen LogP contribution in [0.4, 0.5) is 5.69 Å². The summed E-state index contributed by atoms with van der Waals surface area (Å²) in [5, 5.41) is 3.53. The first-order chi connectivity index (χ1) is 13.1. The van der Waals surface area contributed by atoms with Gasteiger partial charge in [0.2, 0.25) is 17.7 Å². The summed E-state index contributed by atoms with van der Waals surface area (Å²) in [5.74, 6) is -1.05. The van der Waals surface area contributed by atoms with Gasteiger partial charge in [0, 0.05) is 15.8 Å². The van der Waals surface area contributed by atoms with E-state index in [2.05, 4.69) is 5.32 Å². The Hall–Kier alpha value is -1.82. The highest BCUT2D eigenvalue weighted by Gasteiger charge is 2.48. The van der Waals surface area contributed by atoms with E-state index in [-0.39, 0.29) is 36.1 Å². The number of hydrogen-bond acceptors (Lipinski definition) is 4. The molecule has 4 rings (SSSR count). The Kier molecular flexibility index (Phi) is 5.53. The lowest BCUT2D eigenvalue weighted by molar-refractivity contribution is -0.142. The standard InChI is InChI=1S/C21H26N2O3S/c24-19(13-23-20(25)17-7-3-4-8-18(17)21(23)26)22-14-9-11-16(12-10-14)27-15-5-1-2-6-15/h9-12,15,17-18H,1-8,13H2,(H,22,24). The minimum atomic E-state index is -0.313. The summed E-state index contributed by atoms with van der Waals surface area (Å²) in [6, 6.07) is 7.84. The van der Waals surface area contributed by atoms with E-state index in [1.54, 1.807) is 0 Å². The van der Waals surface area contributed by atoms with Gasteiger partial charge in [-0.1, -0.05) is 25.7 Å². The lowest BCUT2D eigenvalue weighted by Gasteiger charge is -2.19. The van der Waals surface area contributed by atoms with Crippen molar-refractivity contribution in [1.82, 2.24) is 4.90 Å². The predicted octanol–water partition coefficient (Wildman–Crippen LogP) is 3.84. The maximum atomic E-state index is 12.5. The number of anilines is 1. The third kappa shape index (κ3) is 4.05. The molecule has 1 N–H and O–H groups in total. The van der Waals surface area contributed by atoms with Crippen molar-refractivity contribution in [2.24, 2.45) is 11.8 Å². The van der Waals surface area contributed by atoms with Crippen LogP contribution in [0.2, 0.25) is 0 Å². The zero-order valence-corrected chi connectivity index (χ0v) is 16.3. The maximum Gasteiger partial charge on any atom is 0.244 e. The van der Waals surface area contributed by atoms with E-state index >= 15 is 0 Å². The number of nitrogens with one attached hydrogen (secondary N) is 1. The summed E-state index contributed by atoms with van der Waals surface area (Å²) >= 11 is 1.91. The fraction of sp³-hybridized carbons (Fsp3) is 0.571. The van der Waals surface area contributed by atoms with Gasteiger partial charge in [0.1, 0.15) is 6.54 Å². The molecule has 5 nitrogen and oxygen atoms in total. The first-order valence-electron chi connectivity index (χ1n) is 10.0. The van der Waals surface area contributed by atoms with Crippen LogP contribution in [0, 0.1) is 11.8 Å². The molecule has 1 aliphatic heterocycles. The van der Waals surface area contributed by atoms with Crippen molar-refractivity contribution in [3.8, 4) is 0 Å². The van der Waals surface area contributed by atoms with Gasteiger partial charge in [-0.15, -0.1) is 11.8 Å². The molecule has 3 aliphatic rings. The van der Waals surface area contributed by atoms with Crippen LogP contribution in [0.3, 0.4) is 0 Å². The molecule has 1 heterocycles. The minimum absolute atomic E-state index is 0.164. The van der Waals surface area contributed by atoms with Crippen LogP contribution in [0.15, 0.2) is 29.2 Å². The average molecular weight is 387 g/mol. The molecule has 3 amide bonds. The number of rotatable bonds is 5. The van der Waals surface area contributed by atoms with Gasteiger partial charge in [-0.25, -0.2) is 0 Å². The first-order valence-corrected chi connectivity index (χ1v) is 10.9. The molecule has 6 heteroatoms. The second-order valence-corrected chi connectivity index (χ2v) is 9.23. The number of nitrogens with zero attached hydrogens (tertiary/aromatic N) is 1.